The van der Waals surface area contributed by atoms with Crippen molar-refractivity contribution in [2.24, 2.45) is 0 Å². The van der Waals surface area contributed by atoms with Gasteiger partial charge in [0.1, 0.15) is 0 Å². The molecule has 0 aliphatic rings. The summed E-state index contributed by atoms with van der Waals surface area (Å²) in [4.78, 5) is 3.22. The van der Waals surface area contributed by atoms with Gasteiger partial charge in [-0.05, 0) is 44.6 Å². The molecule has 1 unspecified atom stereocenters. The van der Waals surface area contributed by atoms with Gasteiger partial charge in [0.15, 0.2) is 0 Å². The lowest BCUT2D eigenvalue weighted by atomic mass is 10.3. The topological polar surface area (TPSA) is 35.5 Å². The summed E-state index contributed by atoms with van der Waals surface area (Å²) in [5.74, 6) is 0. The summed E-state index contributed by atoms with van der Waals surface area (Å²) < 4.78 is 0. The second-order valence-electron chi connectivity index (χ2n) is 4.03. The summed E-state index contributed by atoms with van der Waals surface area (Å²) in [5, 5.41) is 12.9. The zero-order valence-corrected chi connectivity index (χ0v) is 10.9. The number of nitrogens with zero attached hydrogens (tertiary/aromatic N) is 1. The maximum atomic E-state index is 9.67. The number of anilines is 1. The van der Waals surface area contributed by atoms with Crippen LogP contribution >= 0.6 is 11.8 Å². The first-order valence-electron chi connectivity index (χ1n) is 5.32. The molecular weight excluding hydrogens is 220 g/mol. The van der Waals surface area contributed by atoms with E-state index in [1.165, 1.54) is 4.90 Å². The molecule has 1 rings (SSSR count). The number of hydrogen-bond donors (Lipinski definition) is 2. The Bertz CT molecular complexity index is 300. The number of rotatable bonds is 6. The van der Waals surface area contributed by atoms with Crippen LogP contribution in [0.2, 0.25) is 0 Å². The predicted molar refractivity (Wildman–Crippen MR) is 71.3 cm³/mol. The van der Waals surface area contributed by atoms with Gasteiger partial charge < -0.3 is 15.3 Å². The fourth-order valence-corrected chi connectivity index (χ4v) is 1.84. The lowest BCUT2D eigenvalue weighted by Gasteiger charge is -2.17. The molecule has 4 heteroatoms. The Hall–Kier alpha value is -0.710. The van der Waals surface area contributed by atoms with E-state index in [4.69, 9.17) is 0 Å². The standard InChI is InChI=1S/C12H20N2OS/c1-14(2)9-11(15)8-13-10-4-6-12(16-3)7-5-10/h4-7,11,13,15H,8-9H2,1-3H3. The largest absolute Gasteiger partial charge is 0.390 e. The van der Waals surface area contributed by atoms with Crippen LogP contribution in [0.25, 0.3) is 0 Å². The molecule has 16 heavy (non-hydrogen) atoms. The number of likely N-dealkylation sites (N-methyl/N-ethyl adjacent to an activating group) is 1. The van der Waals surface area contributed by atoms with Gasteiger partial charge in [-0.1, -0.05) is 0 Å². The second-order valence-corrected chi connectivity index (χ2v) is 4.91. The SMILES string of the molecule is CSc1ccc(NCC(O)CN(C)C)cc1. The molecule has 2 N–H and O–H groups in total. The molecule has 1 atom stereocenters. The van der Waals surface area contributed by atoms with Gasteiger partial charge >= 0.3 is 0 Å². The van der Waals surface area contributed by atoms with Gasteiger partial charge in [-0.2, -0.15) is 0 Å². The van der Waals surface area contributed by atoms with Gasteiger partial charge in [-0.25, -0.2) is 0 Å². The molecule has 0 aliphatic heterocycles. The second kappa shape index (κ2) is 6.78. The minimum Gasteiger partial charge on any atom is -0.390 e. The van der Waals surface area contributed by atoms with Crippen LogP contribution < -0.4 is 5.32 Å². The van der Waals surface area contributed by atoms with E-state index in [0.29, 0.717) is 13.1 Å². The Morgan fingerprint density at radius 3 is 2.44 bits per heavy atom. The van der Waals surface area contributed by atoms with Crippen LogP contribution in [0.5, 0.6) is 0 Å². The summed E-state index contributed by atoms with van der Waals surface area (Å²) in [5.41, 5.74) is 1.05. The Kier molecular flexibility index (Phi) is 5.66. The number of nitrogens with one attached hydrogen (secondary N) is 1. The number of thioether (sulfide) groups is 1. The van der Waals surface area contributed by atoms with E-state index in [1.54, 1.807) is 11.8 Å². The van der Waals surface area contributed by atoms with Gasteiger partial charge in [0.05, 0.1) is 6.10 Å². The smallest absolute Gasteiger partial charge is 0.0838 e. The molecule has 0 fully saturated rings. The van der Waals surface area contributed by atoms with Gasteiger partial charge in [-0.3, -0.25) is 0 Å². The molecule has 0 spiro atoms. The molecule has 1 aromatic carbocycles. The highest BCUT2D eigenvalue weighted by Crippen LogP contribution is 2.17. The van der Waals surface area contributed by atoms with Crippen LogP contribution in [-0.4, -0.2) is 49.6 Å². The van der Waals surface area contributed by atoms with Crippen molar-refractivity contribution in [3.8, 4) is 0 Å². The highest BCUT2D eigenvalue weighted by Gasteiger charge is 2.04. The number of hydrogen-bond acceptors (Lipinski definition) is 4. The van der Waals surface area contributed by atoms with Crippen molar-refractivity contribution in [3.05, 3.63) is 24.3 Å². The van der Waals surface area contributed by atoms with E-state index in [2.05, 4.69) is 23.7 Å². The van der Waals surface area contributed by atoms with E-state index in [1.807, 2.05) is 31.1 Å². The quantitative estimate of drug-likeness (QED) is 0.743. The van der Waals surface area contributed by atoms with E-state index < -0.39 is 0 Å². The average molecular weight is 240 g/mol. The Balaban J connectivity index is 2.36. The third kappa shape index (κ3) is 4.88. The number of aliphatic hydroxyl groups excluding tert-OH is 1. The van der Waals surface area contributed by atoms with Crippen molar-refractivity contribution in [1.29, 1.82) is 0 Å². The normalized spacial score (nSPS) is 12.8. The van der Waals surface area contributed by atoms with E-state index >= 15 is 0 Å². The lowest BCUT2D eigenvalue weighted by molar-refractivity contribution is 0.148. The highest BCUT2D eigenvalue weighted by atomic mass is 32.2. The molecule has 0 aliphatic carbocycles. The van der Waals surface area contributed by atoms with Crippen LogP contribution in [0.4, 0.5) is 5.69 Å². The summed E-state index contributed by atoms with van der Waals surface area (Å²) in [7, 11) is 3.91. The molecule has 3 nitrogen and oxygen atoms in total. The van der Waals surface area contributed by atoms with Crippen LogP contribution in [0.15, 0.2) is 29.2 Å². The molecule has 0 heterocycles. The van der Waals surface area contributed by atoms with E-state index in [0.717, 1.165) is 5.69 Å². The Morgan fingerprint density at radius 1 is 1.31 bits per heavy atom. The van der Waals surface area contributed by atoms with Crippen molar-refractivity contribution in [3.63, 3.8) is 0 Å². The lowest BCUT2D eigenvalue weighted by Crippen LogP contribution is -2.31. The molecule has 90 valence electrons. The monoisotopic (exact) mass is 240 g/mol. The van der Waals surface area contributed by atoms with Crippen LogP contribution in [0.1, 0.15) is 0 Å². The summed E-state index contributed by atoms with van der Waals surface area (Å²) in [6.45, 7) is 1.26. The van der Waals surface area contributed by atoms with Crippen LogP contribution in [-0.2, 0) is 0 Å². The van der Waals surface area contributed by atoms with Gasteiger partial charge in [-0.15, -0.1) is 11.8 Å². The first-order valence-corrected chi connectivity index (χ1v) is 6.55. The molecule has 1 aromatic rings. The predicted octanol–water partition coefficient (Wildman–Crippen LogP) is 1.74. The first kappa shape index (κ1) is 13.4. The molecule has 0 saturated heterocycles. The van der Waals surface area contributed by atoms with Crippen molar-refractivity contribution in [2.75, 3.05) is 38.8 Å². The molecule has 0 aromatic heterocycles. The average Bonchev–Trinajstić information content (AvgIpc) is 2.26. The molecule has 0 radical (unpaired) electrons. The van der Waals surface area contributed by atoms with Crippen LogP contribution in [0, 0.1) is 0 Å². The summed E-state index contributed by atoms with van der Waals surface area (Å²) >= 11 is 1.73. The van der Waals surface area contributed by atoms with Crippen molar-refractivity contribution in [1.82, 2.24) is 4.90 Å². The Labute approximate surface area is 102 Å². The maximum Gasteiger partial charge on any atom is 0.0838 e. The third-order valence-corrected chi connectivity index (χ3v) is 2.95. The molecule has 0 bridgehead atoms. The van der Waals surface area contributed by atoms with Gasteiger partial charge in [0.25, 0.3) is 0 Å². The molecule has 0 saturated carbocycles. The van der Waals surface area contributed by atoms with Crippen molar-refractivity contribution < 1.29 is 5.11 Å². The highest BCUT2D eigenvalue weighted by molar-refractivity contribution is 7.98. The van der Waals surface area contributed by atoms with Crippen molar-refractivity contribution in [2.45, 2.75) is 11.0 Å². The fourth-order valence-electron chi connectivity index (χ4n) is 1.43. The van der Waals surface area contributed by atoms with Crippen molar-refractivity contribution >= 4 is 17.4 Å². The fraction of sp³-hybridized carbons (Fsp3) is 0.500. The van der Waals surface area contributed by atoms with Crippen LogP contribution in [0.3, 0.4) is 0 Å². The van der Waals surface area contributed by atoms with E-state index in [-0.39, 0.29) is 6.10 Å². The van der Waals surface area contributed by atoms with Gasteiger partial charge in [0.2, 0.25) is 0 Å². The third-order valence-electron chi connectivity index (χ3n) is 2.21. The van der Waals surface area contributed by atoms with E-state index in [9.17, 15) is 5.11 Å². The molecule has 0 amide bonds. The summed E-state index contributed by atoms with van der Waals surface area (Å²) in [6.07, 6.45) is 1.72. The maximum absolute atomic E-state index is 9.67. The zero-order chi connectivity index (χ0) is 12.0. The summed E-state index contributed by atoms with van der Waals surface area (Å²) in [6, 6.07) is 8.22. The zero-order valence-electron chi connectivity index (χ0n) is 10.1. The minimum absolute atomic E-state index is 0.338. The molecular formula is C12H20N2OS. The first-order chi connectivity index (χ1) is 7.61. The number of benzene rings is 1. The minimum atomic E-state index is -0.338. The number of aliphatic hydroxyl groups is 1. The van der Waals surface area contributed by atoms with Gasteiger partial charge in [0, 0.05) is 23.7 Å². The Morgan fingerprint density at radius 2 is 1.94 bits per heavy atom.